The highest BCUT2D eigenvalue weighted by molar-refractivity contribution is 6.00. The number of benzene rings is 1. The SMILES string of the molecule is O=C1Cc2cc([N+](=O)[O-])c(N3CCCC(CO)C3)cc2N1. The average molecular weight is 291 g/mol. The highest BCUT2D eigenvalue weighted by Gasteiger charge is 2.29. The van der Waals surface area contributed by atoms with Crippen LogP contribution in [0, 0.1) is 16.0 Å². The molecule has 1 saturated heterocycles. The summed E-state index contributed by atoms with van der Waals surface area (Å²) in [5.41, 5.74) is 1.89. The number of nitro benzene ring substituents is 1. The van der Waals surface area contributed by atoms with E-state index >= 15 is 0 Å². The summed E-state index contributed by atoms with van der Waals surface area (Å²) in [6, 6.07) is 3.18. The molecule has 1 amide bonds. The monoisotopic (exact) mass is 291 g/mol. The molecule has 21 heavy (non-hydrogen) atoms. The molecule has 0 radical (unpaired) electrons. The first-order valence-corrected chi connectivity index (χ1v) is 7.05. The lowest BCUT2D eigenvalue weighted by Gasteiger charge is -2.33. The summed E-state index contributed by atoms with van der Waals surface area (Å²) in [7, 11) is 0. The number of carbonyl (C=O) groups is 1. The molecule has 2 N–H and O–H groups in total. The number of rotatable bonds is 3. The third-order valence-corrected chi connectivity index (χ3v) is 4.14. The second-order valence-electron chi connectivity index (χ2n) is 5.62. The first-order chi connectivity index (χ1) is 10.1. The minimum Gasteiger partial charge on any atom is -0.396 e. The van der Waals surface area contributed by atoms with Gasteiger partial charge in [0.25, 0.3) is 5.69 Å². The Hall–Kier alpha value is -2.15. The predicted octanol–water partition coefficient (Wildman–Crippen LogP) is 1.30. The molecule has 1 atom stereocenters. The number of nitrogens with zero attached hydrogens (tertiary/aromatic N) is 2. The fourth-order valence-corrected chi connectivity index (χ4v) is 3.08. The summed E-state index contributed by atoms with van der Waals surface area (Å²) in [4.78, 5) is 24.3. The molecule has 2 aliphatic rings. The fraction of sp³-hybridized carbons (Fsp3) is 0.500. The van der Waals surface area contributed by atoms with Crippen LogP contribution in [-0.2, 0) is 11.2 Å². The third kappa shape index (κ3) is 2.56. The Morgan fingerprint density at radius 2 is 2.29 bits per heavy atom. The number of amides is 1. The third-order valence-electron chi connectivity index (χ3n) is 4.14. The van der Waals surface area contributed by atoms with Crippen molar-refractivity contribution in [1.29, 1.82) is 0 Å². The molecule has 1 fully saturated rings. The van der Waals surface area contributed by atoms with Crippen LogP contribution in [0.2, 0.25) is 0 Å². The number of fused-ring (bicyclic) bond motifs is 1. The molecule has 7 heteroatoms. The Morgan fingerprint density at radius 1 is 1.48 bits per heavy atom. The predicted molar refractivity (Wildman–Crippen MR) is 77.5 cm³/mol. The van der Waals surface area contributed by atoms with Crippen molar-refractivity contribution in [2.75, 3.05) is 29.9 Å². The van der Waals surface area contributed by atoms with E-state index in [0.29, 0.717) is 23.5 Å². The Labute approximate surface area is 121 Å². The molecule has 7 nitrogen and oxygen atoms in total. The standard InChI is InChI=1S/C14H17N3O4/c18-8-9-2-1-3-16(7-9)12-6-11-10(5-14(19)15-11)4-13(12)17(20)21/h4,6,9,18H,1-3,5,7-8H2,(H,15,19). The van der Waals surface area contributed by atoms with Crippen LogP contribution in [0.5, 0.6) is 0 Å². The maximum absolute atomic E-state index is 11.4. The minimum absolute atomic E-state index is 0.0313. The van der Waals surface area contributed by atoms with E-state index in [4.69, 9.17) is 0 Å². The highest BCUT2D eigenvalue weighted by Crippen LogP contribution is 2.38. The summed E-state index contributed by atoms with van der Waals surface area (Å²) >= 11 is 0. The molecule has 3 rings (SSSR count). The Morgan fingerprint density at radius 3 is 3.00 bits per heavy atom. The molecule has 0 aliphatic carbocycles. The van der Waals surface area contributed by atoms with Gasteiger partial charge >= 0.3 is 0 Å². The van der Waals surface area contributed by atoms with E-state index in [1.54, 1.807) is 6.07 Å². The van der Waals surface area contributed by atoms with Crippen molar-refractivity contribution in [2.45, 2.75) is 19.3 Å². The van der Waals surface area contributed by atoms with Gasteiger partial charge in [-0.1, -0.05) is 0 Å². The lowest BCUT2D eigenvalue weighted by atomic mass is 9.98. The lowest BCUT2D eigenvalue weighted by molar-refractivity contribution is -0.384. The summed E-state index contributed by atoms with van der Waals surface area (Å²) in [5, 5.41) is 23.4. The van der Waals surface area contributed by atoms with Gasteiger partial charge in [0, 0.05) is 31.5 Å². The van der Waals surface area contributed by atoms with E-state index in [-0.39, 0.29) is 30.5 Å². The maximum atomic E-state index is 11.4. The molecule has 112 valence electrons. The van der Waals surface area contributed by atoms with Crippen LogP contribution in [-0.4, -0.2) is 35.6 Å². The Balaban J connectivity index is 1.99. The molecule has 2 aliphatic heterocycles. The molecule has 2 heterocycles. The number of anilines is 2. The van der Waals surface area contributed by atoms with Gasteiger partial charge in [-0.25, -0.2) is 0 Å². The van der Waals surface area contributed by atoms with Gasteiger partial charge in [0.1, 0.15) is 5.69 Å². The summed E-state index contributed by atoms with van der Waals surface area (Å²) in [6.07, 6.45) is 2.02. The van der Waals surface area contributed by atoms with Crippen LogP contribution in [0.3, 0.4) is 0 Å². The van der Waals surface area contributed by atoms with E-state index in [0.717, 1.165) is 19.4 Å². The van der Waals surface area contributed by atoms with Gasteiger partial charge in [-0.15, -0.1) is 0 Å². The molecular weight excluding hydrogens is 274 g/mol. The number of hydrogen-bond donors (Lipinski definition) is 2. The molecule has 1 aromatic carbocycles. The van der Waals surface area contributed by atoms with E-state index in [1.807, 2.05) is 4.90 Å². The zero-order valence-corrected chi connectivity index (χ0v) is 11.5. The van der Waals surface area contributed by atoms with Gasteiger partial charge in [0.15, 0.2) is 0 Å². The topological polar surface area (TPSA) is 95.7 Å². The van der Waals surface area contributed by atoms with E-state index in [9.17, 15) is 20.0 Å². The maximum Gasteiger partial charge on any atom is 0.292 e. The summed E-state index contributed by atoms with van der Waals surface area (Å²) < 4.78 is 0. The van der Waals surface area contributed by atoms with Crippen LogP contribution >= 0.6 is 0 Å². The van der Waals surface area contributed by atoms with Gasteiger partial charge < -0.3 is 15.3 Å². The summed E-state index contributed by atoms with van der Waals surface area (Å²) in [5.74, 6) is 0.00419. The molecule has 0 spiro atoms. The molecule has 0 aromatic heterocycles. The zero-order chi connectivity index (χ0) is 15.0. The Bertz CT molecular complexity index is 602. The number of carbonyl (C=O) groups excluding carboxylic acids is 1. The van der Waals surface area contributed by atoms with Crippen LogP contribution in [0.1, 0.15) is 18.4 Å². The molecule has 0 bridgehead atoms. The van der Waals surface area contributed by atoms with Crippen molar-refractivity contribution in [3.8, 4) is 0 Å². The number of aliphatic hydroxyl groups is 1. The number of hydrogen-bond acceptors (Lipinski definition) is 5. The summed E-state index contributed by atoms with van der Waals surface area (Å²) in [6.45, 7) is 1.42. The van der Waals surface area contributed by atoms with Gasteiger partial charge in [0.2, 0.25) is 5.91 Å². The van der Waals surface area contributed by atoms with Crippen molar-refractivity contribution in [2.24, 2.45) is 5.92 Å². The Kier molecular flexibility index (Phi) is 3.50. The second-order valence-corrected chi connectivity index (χ2v) is 5.62. The number of piperidine rings is 1. The second kappa shape index (κ2) is 5.33. The van der Waals surface area contributed by atoms with Gasteiger partial charge in [-0.05, 0) is 30.4 Å². The molecular formula is C14H17N3O4. The molecule has 1 unspecified atom stereocenters. The quantitative estimate of drug-likeness (QED) is 0.646. The van der Waals surface area contributed by atoms with Crippen molar-refractivity contribution in [1.82, 2.24) is 0 Å². The molecule has 1 aromatic rings. The van der Waals surface area contributed by atoms with Gasteiger partial charge in [0.05, 0.1) is 11.3 Å². The van der Waals surface area contributed by atoms with Crippen LogP contribution < -0.4 is 10.2 Å². The normalized spacial score (nSPS) is 21.1. The van der Waals surface area contributed by atoms with Crippen molar-refractivity contribution >= 4 is 23.0 Å². The van der Waals surface area contributed by atoms with Crippen LogP contribution in [0.25, 0.3) is 0 Å². The highest BCUT2D eigenvalue weighted by atomic mass is 16.6. The van der Waals surface area contributed by atoms with Crippen LogP contribution in [0.4, 0.5) is 17.1 Å². The van der Waals surface area contributed by atoms with E-state index in [1.165, 1.54) is 6.07 Å². The van der Waals surface area contributed by atoms with Gasteiger partial charge in [-0.3, -0.25) is 14.9 Å². The van der Waals surface area contributed by atoms with E-state index < -0.39 is 4.92 Å². The zero-order valence-electron chi connectivity index (χ0n) is 11.5. The van der Waals surface area contributed by atoms with Crippen molar-refractivity contribution in [3.63, 3.8) is 0 Å². The van der Waals surface area contributed by atoms with Gasteiger partial charge in [-0.2, -0.15) is 0 Å². The number of nitro groups is 1. The fourth-order valence-electron chi connectivity index (χ4n) is 3.08. The lowest BCUT2D eigenvalue weighted by Crippen LogP contribution is -2.37. The molecule has 0 saturated carbocycles. The largest absolute Gasteiger partial charge is 0.396 e. The first kappa shape index (κ1) is 13.8. The number of nitrogens with one attached hydrogen (secondary N) is 1. The minimum atomic E-state index is -0.402. The van der Waals surface area contributed by atoms with Crippen molar-refractivity contribution < 1.29 is 14.8 Å². The van der Waals surface area contributed by atoms with Crippen molar-refractivity contribution in [3.05, 3.63) is 27.8 Å². The first-order valence-electron chi connectivity index (χ1n) is 7.05. The van der Waals surface area contributed by atoms with E-state index in [2.05, 4.69) is 5.32 Å². The smallest absolute Gasteiger partial charge is 0.292 e. The number of aliphatic hydroxyl groups excluding tert-OH is 1. The average Bonchev–Trinajstić information content (AvgIpc) is 2.85. The van der Waals surface area contributed by atoms with Crippen LogP contribution in [0.15, 0.2) is 12.1 Å².